The quantitative estimate of drug-likeness (QED) is 0.491. The zero-order valence-corrected chi connectivity index (χ0v) is 20.4. The van der Waals surface area contributed by atoms with Crippen molar-refractivity contribution in [2.75, 3.05) is 13.2 Å². The van der Waals surface area contributed by atoms with Gasteiger partial charge in [-0.15, -0.1) is 12.6 Å². The van der Waals surface area contributed by atoms with Crippen LogP contribution >= 0.6 is 0 Å². The predicted molar refractivity (Wildman–Crippen MR) is 102 cm³/mol. The molecule has 0 saturated carbocycles. The van der Waals surface area contributed by atoms with Crippen molar-refractivity contribution >= 4 is 0 Å². The zero-order valence-electron chi connectivity index (χ0n) is 17.3. The standard InChI is InChI=1S/C21H36NO.K/c1-8-10-18(9-2)22-15-16-23-19-13-11-17(12-14-19)21(6,7)20(3,4)5;/h11-14,18H,8-10,15-16H2,1-7H3;/q-1;+1. The second-order valence-electron chi connectivity index (χ2n) is 8.00. The normalized spacial score (nSPS) is 13.3. The SMILES string of the molecule is CCCC(CC)[N-]CCOc1ccc(C(C)(C)C(C)(C)C)cc1.[K+]. The minimum Gasteiger partial charge on any atom is -0.657 e. The summed E-state index contributed by atoms with van der Waals surface area (Å²) in [5.41, 5.74) is 1.72. The van der Waals surface area contributed by atoms with Crippen molar-refractivity contribution in [2.45, 2.75) is 79.2 Å². The van der Waals surface area contributed by atoms with Crippen LogP contribution in [0.4, 0.5) is 0 Å². The van der Waals surface area contributed by atoms with Crippen LogP contribution in [0.25, 0.3) is 5.32 Å². The number of hydrogen-bond donors (Lipinski definition) is 0. The molecule has 2 nitrogen and oxygen atoms in total. The van der Waals surface area contributed by atoms with E-state index < -0.39 is 0 Å². The Bertz CT molecular complexity index is 448. The minimum atomic E-state index is 0. The molecule has 0 spiro atoms. The third-order valence-corrected chi connectivity index (χ3v) is 5.29. The molecule has 24 heavy (non-hydrogen) atoms. The first kappa shape index (κ1) is 24.6. The van der Waals surface area contributed by atoms with E-state index in [2.05, 4.69) is 72.7 Å². The molecule has 1 unspecified atom stereocenters. The molecule has 0 aliphatic carbocycles. The Morgan fingerprint density at radius 3 is 2.04 bits per heavy atom. The number of nitrogens with zero attached hydrogens (tertiary/aromatic N) is 1. The summed E-state index contributed by atoms with van der Waals surface area (Å²) in [6, 6.07) is 9.07. The molecule has 132 valence electrons. The minimum absolute atomic E-state index is 0. The van der Waals surface area contributed by atoms with Gasteiger partial charge in [-0.2, -0.15) is 0 Å². The Balaban J connectivity index is 0.00000529. The second kappa shape index (κ2) is 11.4. The number of hydrogen-bond acceptors (Lipinski definition) is 1. The molecule has 0 bridgehead atoms. The maximum atomic E-state index is 5.84. The first-order chi connectivity index (χ1) is 10.7. The van der Waals surface area contributed by atoms with Gasteiger partial charge >= 0.3 is 51.4 Å². The summed E-state index contributed by atoms with van der Waals surface area (Å²) in [5, 5.41) is 4.71. The molecule has 0 saturated heterocycles. The molecule has 0 fully saturated rings. The van der Waals surface area contributed by atoms with Crippen LogP contribution < -0.4 is 56.1 Å². The molecule has 1 aromatic rings. The van der Waals surface area contributed by atoms with Gasteiger partial charge in [-0.05, 0) is 28.5 Å². The molecule has 0 heterocycles. The fourth-order valence-electron chi connectivity index (χ4n) is 2.56. The maximum Gasteiger partial charge on any atom is 1.00 e. The Kier molecular flexibility index (Phi) is 11.6. The van der Waals surface area contributed by atoms with Gasteiger partial charge in [0.05, 0.1) is 6.61 Å². The van der Waals surface area contributed by atoms with Gasteiger partial charge in [0.1, 0.15) is 5.75 Å². The van der Waals surface area contributed by atoms with E-state index in [-0.39, 0.29) is 62.2 Å². The van der Waals surface area contributed by atoms with E-state index in [0.29, 0.717) is 12.6 Å². The van der Waals surface area contributed by atoms with Crippen molar-refractivity contribution in [3.05, 3.63) is 35.1 Å². The van der Waals surface area contributed by atoms with Crippen molar-refractivity contribution in [2.24, 2.45) is 5.41 Å². The van der Waals surface area contributed by atoms with Crippen molar-refractivity contribution in [3.8, 4) is 5.75 Å². The molecular formula is C21H36KNO. The van der Waals surface area contributed by atoms with Crippen LogP contribution in [0.2, 0.25) is 0 Å². The van der Waals surface area contributed by atoms with Crippen LogP contribution in [-0.2, 0) is 5.41 Å². The molecule has 1 rings (SSSR count). The van der Waals surface area contributed by atoms with Crippen LogP contribution in [0.1, 0.15) is 73.3 Å². The third kappa shape index (κ3) is 7.47. The van der Waals surface area contributed by atoms with Gasteiger partial charge in [-0.1, -0.05) is 79.9 Å². The van der Waals surface area contributed by atoms with E-state index in [1.807, 2.05) is 0 Å². The van der Waals surface area contributed by atoms with Crippen LogP contribution in [0.5, 0.6) is 5.75 Å². The molecular weight excluding hydrogens is 321 g/mol. The number of rotatable bonds is 9. The van der Waals surface area contributed by atoms with Crippen molar-refractivity contribution in [1.29, 1.82) is 0 Å². The van der Waals surface area contributed by atoms with Crippen LogP contribution in [0.3, 0.4) is 0 Å². The van der Waals surface area contributed by atoms with E-state index in [9.17, 15) is 0 Å². The topological polar surface area (TPSA) is 23.3 Å². The van der Waals surface area contributed by atoms with E-state index >= 15 is 0 Å². The predicted octanol–water partition coefficient (Wildman–Crippen LogP) is 3.35. The van der Waals surface area contributed by atoms with Gasteiger partial charge in [0.15, 0.2) is 0 Å². The summed E-state index contributed by atoms with van der Waals surface area (Å²) in [5.74, 6) is 0.942. The van der Waals surface area contributed by atoms with Gasteiger partial charge in [0, 0.05) is 0 Å². The molecule has 1 aromatic carbocycles. The Morgan fingerprint density at radius 1 is 1.00 bits per heavy atom. The van der Waals surface area contributed by atoms with Gasteiger partial charge < -0.3 is 10.1 Å². The van der Waals surface area contributed by atoms with E-state index in [1.165, 1.54) is 18.4 Å². The smallest absolute Gasteiger partial charge is 0.657 e. The Labute approximate surface area is 192 Å². The molecule has 0 aromatic heterocycles. The molecule has 0 aliphatic rings. The first-order valence-corrected chi connectivity index (χ1v) is 9.12. The fourth-order valence-corrected chi connectivity index (χ4v) is 2.56. The summed E-state index contributed by atoms with van der Waals surface area (Å²) in [7, 11) is 0. The summed E-state index contributed by atoms with van der Waals surface area (Å²) in [4.78, 5) is 0. The molecule has 0 aliphatic heterocycles. The first-order valence-electron chi connectivity index (χ1n) is 9.12. The summed E-state index contributed by atoms with van der Waals surface area (Å²) in [6.07, 6.45) is 3.52. The average Bonchev–Trinajstić information content (AvgIpc) is 2.49. The van der Waals surface area contributed by atoms with Gasteiger partial charge in [-0.3, -0.25) is 0 Å². The number of ether oxygens (including phenoxy) is 1. The second-order valence-corrected chi connectivity index (χ2v) is 8.00. The van der Waals surface area contributed by atoms with Crippen LogP contribution in [0, 0.1) is 5.41 Å². The summed E-state index contributed by atoms with van der Waals surface area (Å²) in [6.45, 7) is 17.4. The monoisotopic (exact) mass is 357 g/mol. The Morgan fingerprint density at radius 2 is 1.58 bits per heavy atom. The molecule has 0 amide bonds. The van der Waals surface area contributed by atoms with E-state index in [0.717, 1.165) is 18.7 Å². The maximum absolute atomic E-state index is 5.84. The summed E-state index contributed by atoms with van der Waals surface area (Å²) >= 11 is 0. The molecule has 3 heteroatoms. The number of benzene rings is 1. The van der Waals surface area contributed by atoms with Crippen molar-refractivity contribution < 1.29 is 56.1 Å². The van der Waals surface area contributed by atoms with Crippen molar-refractivity contribution in [1.82, 2.24) is 0 Å². The zero-order chi connectivity index (χ0) is 17.5. The van der Waals surface area contributed by atoms with E-state index in [1.54, 1.807) is 0 Å². The largest absolute Gasteiger partial charge is 1.00 e. The van der Waals surface area contributed by atoms with Crippen LogP contribution in [0.15, 0.2) is 24.3 Å². The Hall–Kier alpha value is 0.616. The molecule has 0 radical (unpaired) electrons. The average molecular weight is 358 g/mol. The van der Waals surface area contributed by atoms with Crippen LogP contribution in [-0.4, -0.2) is 19.2 Å². The third-order valence-electron chi connectivity index (χ3n) is 5.29. The van der Waals surface area contributed by atoms with E-state index in [4.69, 9.17) is 10.1 Å². The van der Waals surface area contributed by atoms with Crippen molar-refractivity contribution in [3.63, 3.8) is 0 Å². The van der Waals surface area contributed by atoms with Gasteiger partial charge in [-0.25, -0.2) is 0 Å². The summed E-state index contributed by atoms with van der Waals surface area (Å²) < 4.78 is 5.84. The van der Waals surface area contributed by atoms with Gasteiger partial charge in [0.2, 0.25) is 0 Å². The molecule has 1 atom stereocenters. The van der Waals surface area contributed by atoms with Gasteiger partial charge in [0.25, 0.3) is 0 Å². The molecule has 0 N–H and O–H groups in total. The fraction of sp³-hybridized carbons (Fsp3) is 0.714.